The maximum atomic E-state index is 12.1. The van der Waals surface area contributed by atoms with Crippen molar-refractivity contribution in [1.29, 1.82) is 5.26 Å². The number of amides is 1. The molecule has 12 nitrogen and oxygen atoms in total. The van der Waals surface area contributed by atoms with Crippen molar-refractivity contribution in [3.8, 4) is 6.07 Å². The van der Waals surface area contributed by atoms with Crippen molar-refractivity contribution in [3.63, 3.8) is 0 Å². The lowest BCUT2D eigenvalue weighted by molar-refractivity contribution is -0.131. The number of carbonyl (C=O) groups is 1. The average Bonchev–Trinajstić information content (AvgIpc) is 3.82. The van der Waals surface area contributed by atoms with E-state index < -0.39 is 0 Å². The molecule has 8 heterocycles. The molecule has 4 atom stereocenters. The van der Waals surface area contributed by atoms with E-state index >= 15 is 0 Å². The zero-order valence-electron chi connectivity index (χ0n) is 24.8. The van der Waals surface area contributed by atoms with E-state index in [1.54, 1.807) is 11.1 Å². The number of nitrogens with zero attached hydrogens (tertiary/aromatic N) is 8. The van der Waals surface area contributed by atoms with Gasteiger partial charge in [-0.25, -0.2) is 19.9 Å². The van der Waals surface area contributed by atoms with Gasteiger partial charge in [0.1, 0.15) is 18.1 Å². The van der Waals surface area contributed by atoms with Gasteiger partial charge >= 0.3 is 0 Å². The maximum absolute atomic E-state index is 12.1. The Morgan fingerprint density at radius 3 is 2.05 bits per heavy atom. The second-order valence-corrected chi connectivity index (χ2v) is 11.8. The largest absolute Gasteiger partial charge is 0.345 e. The fourth-order valence-corrected chi connectivity index (χ4v) is 6.67. The van der Waals surface area contributed by atoms with Gasteiger partial charge in [-0.3, -0.25) is 13.6 Å². The van der Waals surface area contributed by atoms with Crippen molar-refractivity contribution in [2.45, 2.75) is 44.9 Å². The van der Waals surface area contributed by atoms with Crippen molar-refractivity contribution in [2.24, 2.45) is 11.8 Å². The summed E-state index contributed by atoms with van der Waals surface area (Å²) in [6.45, 7) is 7.96. The second-order valence-electron chi connectivity index (χ2n) is 11.8. The summed E-state index contributed by atoms with van der Waals surface area (Å²) in [5.74, 6) is 3.71. The molecule has 2 fully saturated rings. The Bertz CT molecular complexity index is 1960. The highest BCUT2D eigenvalue weighted by atomic mass is 35.5. The lowest BCUT2D eigenvalue weighted by Crippen LogP contribution is -2.42. The van der Waals surface area contributed by atoms with Crippen LogP contribution in [-0.4, -0.2) is 75.7 Å². The number of aromatic nitrogens is 8. The molecule has 0 radical (unpaired) electrons. The Balaban J connectivity index is 0.000000156. The van der Waals surface area contributed by atoms with Crippen LogP contribution in [0.5, 0.6) is 0 Å². The quantitative estimate of drug-likeness (QED) is 0.267. The molecule has 0 saturated carbocycles. The minimum absolute atomic E-state index is 0. The zero-order chi connectivity index (χ0) is 29.5. The number of nitriles is 1. The van der Waals surface area contributed by atoms with E-state index in [4.69, 9.17) is 5.26 Å². The molecular formula is C31H36ClN11O. The molecule has 1 amide bonds. The minimum atomic E-state index is -0.0938. The predicted octanol–water partition coefficient (Wildman–Crippen LogP) is 4.42. The molecule has 6 aromatic heterocycles. The summed E-state index contributed by atoms with van der Waals surface area (Å²) in [6, 6.07) is 6.02. The van der Waals surface area contributed by atoms with E-state index in [0.717, 1.165) is 64.5 Å². The Morgan fingerprint density at radius 2 is 1.45 bits per heavy atom. The molecule has 0 aromatic carbocycles. The van der Waals surface area contributed by atoms with Crippen LogP contribution in [0.1, 0.15) is 56.6 Å². The van der Waals surface area contributed by atoms with Crippen LogP contribution in [0, 0.1) is 23.2 Å². The Labute approximate surface area is 260 Å². The van der Waals surface area contributed by atoms with E-state index in [2.05, 4.69) is 63.9 Å². The van der Waals surface area contributed by atoms with Crippen LogP contribution in [0.25, 0.3) is 33.4 Å². The number of likely N-dealkylation sites (tertiary alicyclic amines) is 1. The van der Waals surface area contributed by atoms with Crippen molar-refractivity contribution >= 4 is 51.7 Å². The lowest BCUT2D eigenvalue weighted by atomic mass is 9.86. The molecule has 0 bridgehead atoms. The van der Waals surface area contributed by atoms with Crippen LogP contribution in [0.4, 0.5) is 0 Å². The number of rotatable bonds is 3. The first-order valence-electron chi connectivity index (χ1n) is 15.0. The van der Waals surface area contributed by atoms with Gasteiger partial charge in [0.2, 0.25) is 5.91 Å². The molecule has 3 N–H and O–H groups in total. The number of piperidine rings is 2. The fourth-order valence-electron chi connectivity index (χ4n) is 6.67. The fraction of sp³-hybridized carbons (Fsp3) is 0.419. The van der Waals surface area contributed by atoms with Crippen molar-refractivity contribution in [3.05, 3.63) is 61.0 Å². The number of hydrogen-bond acceptors (Lipinski definition) is 7. The lowest BCUT2D eigenvalue weighted by Gasteiger charge is -2.36. The number of fused-ring (bicyclic) bond motifs is 6. The van der Waals surface area contributed by atoms with Crippen molar-refractivity contribution in [1.82, 2.24) is 48.9 Å². The molecule has 2 saturated heterocycles. The zero-order valence-corrected chi connectivity index (χ0v) is 25.6. The number of imidazole rings is 2. The summed E-state index contributed by atoms with van der Waals surface area (Å²) >= 11 is 0. The number of carbonyl (C=O) groups excluding carboxylic acids is 1. The van der Waals surface area contributed by atoms with Gasteiger partial charge < -0.3 is 20.2 Å². The number of aromatic amines is 2. The molecule has 2 unspecified atom stereocenters. The van der Waals surface area contributed by atoms with E-state index in [9.17, 15) is 4.79 Å². The van der Waals surface area contributed by atoms with Gasteiger partial charge in [-0.2, -0.15) is 5.26 Å². The molecule has 6 aromatic rings. The third-order valence-corrected chi connectivity index (χ3v) is 9.21. The first-order valence-corrected chi connectivity index (χ1v) is 15.0. The van der Waals surface area contributed by atoms with Crippen LogP contribution < -0.4 is 5.32 Å². The number of nitrogens with one attached hydrogen (secondary N) is 3. The predicted molar refractivity (Wildman–Crippen MR) is 170 cm³/mol. The van der Waals surface area contributed by atoms with Gasteiger partial charge in [-0.15, -0.1) is 12.4 Å². The first-order chi connectivity index (χ1) is 21.0. The van der Waals surface area contributed by atoms with Gasteiger partial charge in [-0.1, -0.05) is 13.8 Å². The summed E-state index contributed by atoms with van der Waals surface area (Å²) in [7, 11) is 0. The van der Waals surface area contributed by atoms with E-state index in [-0.39, 0.29) is 30.7 Å². The van der Waals surface area contributed by atoms with Crippen LogP contribution in [-0.2, 0) is 4.79 Å². The smallest absolute Gasteiger partial charge is 0.236 e. The highest BCUT2D eigenvalue weighted by Crippen LogP contribution is 2.33. The van der Waals surface area contributed by atoms with Crippen LogP contribution >= 0.6 is 12.4 Å². The summed E-state index contributed by atoms with van der Waals surface area (Å²) in [5, 5.41) is 12.3. The molecular weight excluding hydrogens is 578 g/mol. The molecule has 228 valence electrons. The summed E-state index contributed by atoms with van der Waals surface area (Å²) in [5.41, 5.74) is 5.87. The van der Waals surface area contributed by atoms with E-state index in [1.807, 2.05) is 43.1 Å². The third-order valence-electron chi connectivity index (χ3n) is 9.21. The average molecular weight is 614 g/mol. The molecule has 13 heteroatoms. The highest BCUT2D eigenvalue weighted by molar-refractivity contribution is 5.85. The van der Waals surface area contributed by atoms with Crippen LogP contribution in [0.2, 0.25) is 0 Å². The summed E-state index contributed by atoms with van der Waals surface area (Å²) in [6.07, 6.45) is 13.3. The van der Waals surface area contributed by atoms with Gasteiger partial charge in [0.25, 0.3) is 0 Å². The SMILES string of the molecule is CC1CCNCC1c1ncc2cnc3[nH]ccc3n12.C[C@@H]1CCN(C(=O)CC#N)C[C@@H]1c1ncc2cnc3[nH]ccc3n12.Cl. The standard InChI is InChI=1S/C17H18N6O.C14H17N5.ClH/c1-11-4-7-22(15(24)2-5-18)10-13(11)17-21-9-12-8-20-16-14(23(12)17)3-6-19-16;1-9-2-4-15-8-11(9)14-18-7-10-6-17-13-12(19(10)14)3-5-16-13;/h3,6,8-9,11,13,19H,2,4,7,10H2,1H3;3,5-7,9,11,15-16H,2,4,8H2,1H3;1H/t11-,13+;;/m1../s1. The topological polar surface area (TPSA) is 148 Å². The molecule has 0 aliphatic carbocycles. The van der Waals surface area contributed by atoms with Crippen molar-refractivity contribution < 1.29 is 4.79 Å². The summed E-state index contributed by atoms with van der Waals surface area (Å²) in [4.78, 5) is 38.3. The Hall–Kier alpha value is -4.47. The third kappa shape index (κ3) is 5.16. The highest BCUT2D eigenvalue weighted by Gasteiger charge is 2.33. The number of halogens is 1. The van der Waals surface area contributed by atoms with Crippen LogP contribution in [0.15, 0.2) is 49.3 Å². The van der Waals surface area contributed by atoms with Crippen LogP contribution in [0.3, 0.4) is 0 Å². The van der Waals surface area contributed by atoms with Gasteiger partial charge in [-0.05, 0) is 43.4 Å². The normalized spacial score (nSPS) is 22.1. The molecule has 2 aliphatic rings. The van der Waals surface area contributed by atoms with Gasteiger partial charge in [0, 0.05) is 43.9 Å². The monoisotopic (exact) mass is 613 g/mol. The van der Waals surface area contributed by atoms with Crippen molar-refractivity contribution in [2.75, 3.05) is 26.2 Å². The number of hydrogen-bond donors (Lipinski definition) is 3. The first kappa shape index (κ1) is 29.6. The Morgan fingerprint density at radius 1 is 0.886 bits per heavy atom. The molecule has 0 spiro atoms. The second kappa shape index (κ2) is 12.3. The molecule has 44 heavy (non-hydrogen) atoms. The molecule has 2 aliphatic heterocycles. The maximum Gasteiger partial charge on any atom is 0.236 e. The van der Waals surface area contributed by atoms with E-state index in [1.165, 1.54) is 6.42 Å². The summed E-state index contributed by atoms with van der Waals surface area (Å²) < 4.78 is 4.37. The van der Waals surface area contributed by atoms with Gasteiger partial charge in [0.15, 0.2) is 11.3 Å². The molecule has 8 rings (SSSR count). The number of H-pyrrole nitrogens is 2. The van der Waals surface area contributed by atoms with E-state index in [0.29, 0.717) is 30.8 Å². The Kier molecular flexibility index (Phi) is 8.25. The minimum Gasteiger partial charge on any atom is -0.345 e. The van der Waals surface area contributed by atoms with Gasteiger partial charge in [0.05, 0.1) is 52.9 Å².